The third-order valence-corrected chi connectivity index (χ3v) is 5.92. The second-order valence-electron chi connectivity index (χ2n) is 7.92. The SMILES string of the molecule is COc1cccc(Cn2nnc3cc(C(=O)N[C@H]4CCCc5ccccc54)ccc32)c1. The van der Waals surface area contributed by atoms with Gasteiger partial charge in [0.15, 0.2) is 0 Å². The maximum atomic E-state index is 13.0. The van der Waals surface area contributed by atoms with Crippen molar-refractivity contribution in [2.75, 3.05) is 7.11 Å². The predicted molar refractivity (Wildman–Crippen MR) is 119 cm³/mol. The molecule has 156 valence electrons. The number of nitrogens with one attached hydrogen (secondary N) is 1. The maximum Gasteiger partial charge on any atom is 0.251 e. The minimum absolute atomic E-state index is 0.0527. The Morgan fingerprint density at radius 3 is 2.94 bits per heavy atom. The Balaban J connectivity index is 1.35. The normalized spacial score (nSPS) is 15.5. The number of nitrogens with zero attached hydrogens (tertiary/aromatic N) is 3. The lowest BCUT2D eigenvalue weighted by atomic mass is 9.87. The fourth-order valence-electron chi connectivity index (χ4n) is 4.32. The number of carbonyl (C=O) groups excluding carboxylic acids is 1. The van der Waals surface area contributed by atoms with E-state index in [9.17, 15) is 4.79 Å². The summed E-state index contributed by atoms with van der Waals surface area (Å²) in [5.74, 6) is 0.733. The van der Waals surface area contributed by atoms with Crippen LogP contribution in [0, 0.1) is 0 Å². The van der Waals surface area contributed by atoms with E-state index in [0.29, 0.717) is 17.6 Å². The van der Waals surface area contributed by atoms with Gasteiger partial charge in [0.1, 0.15) is 11.3 Å². The lowest BCUT2D eigenvalue weighted by Crippen LogP contribution is -2.30. The van der Waals surface area contributed by atoms with Crippen molar-refractivity contribution < 1.29 is 9.53 Å². The van der Waals surface area contributed by atoms with Crippen molar-refractivity contribution in [2.24, 2.45) is 0 Å². The van der Waals surface area contributed by atoms with Crippen molar-refractivity contribution >= 4 is 16.9 Å². The van der Waals surface area contributed by atoms with Gasteiger partial charge in [0.25, 0.3) is 5.91 Å². The fourth-order valence-corrected chi connectivity index (χ4v) is 4.32. The second-order valence-corrected chi connectivity index (χ2v) is 7.92. The van der Waals surface area contributed by atoms with Crippen molar-refractivity contribution in [1.29, 1.82) is 0 Å². The Labute approximate surface area is 180 Å². The summed E-state index contributed by atoms with van der Waals surface area (Å²) >= 11 is 0. The fraction of sp³-hybridized carbons (Fsp3) is 0.240. The Kier molecular flexibility index (Phi) is 5.12. The van der Waals surface area contributed by atoms with E-state index in [2.05, 4.69) is 33.8 Å². The Morgan fingerprint density at radius 1 is 1.13 bits per heavy atom. The molecule has 6 nitrogen and oxygen atoms in total. The first-order valence-corrected chi connectivity index (χ1v) is 10.6. The van der Waals surface area contributed by atoms with Crippen LogP contribution < -0.4 is 10.1 Å². The van der Waals surface area contributed by atoms with Crippen molar-refractivity contribution in [3.8, 4) is 5.75 Å². The third-order valence-electron chi connectivity index (χ3n) is 5.92. The highest BCUT2D eigenvalue weighted by Gasteiger charge is 2.22. The molecule has 0 saturated carbocycles. The number of carbonyl (C=O) groups is 1. The summed E-state index contributed by atoms with van der Waals surface area (Å²) in [4.78, 5) is 13.0. The van der Waals surface area contributed by atoms with Crippen LogP contribution in [0.4, 0.5) is 0 Å². The molecular weight excluding hydrogens is 388 g/mol. The molecule has 0 spiro atoms. The molecule has 1 N–H and O–H groups in total. The molecule has 6 heteroatoms. The first-order chi connectivity index (χ1) is 15.2. The van der Waals surface area contributed by atoms with Gasteiger partial charge < -0.3 is 10.1 Å². The average molecular weight is 412 g/mol. The van der Waals surface area contributed by atoms with Gasteiger partial charge in [0.2, 0.25) is 0 Å². The molecule has 1 amide bonds. The number of fused-ring (bicyclic) bond motifs is 2. The van der Waals surface area contributed by atoms with Gasteiger partial charge in [-0.25, -0.2) is 4.68 Å². The molecule has 0 unspecified atom stereocenters. The number of hydrogen-bond donors (Lipinski definition) is 1. The molecule has 0 saturated heterocycles. The summed E-state index contributed by atoms with van der Waals surface area (Å²) < 4.78 is 7.13. The molecule has 4 aromatic rings. The highest BCUT2D eigenvalue weighted by molar-refractivity contribution is 5.97. The molecular formula is C25H24N4O2. The standard InChI is InChI=1S/C25H24N4O2/c1-31-20-9-4-6-17(14-20)16-29-24-13-12-19(15-23(24)27-28-29)25(30)26-22-11-5-8-18-7-2-3-10-21(18)22/h2-4,6-7,9-10,12-15,22H,5,8,11,16H2,1H3,(H,26,30)/t22-/m0/s1. The number of aryl methyl sites for hydroxylation is 1. The van der Waals surface area contributed by atoms with E-state index < -0.39 is 0 Å². The van der Waals surface area contributed by atoms with Crippen molar-refractivity contribution in [3.63, 3.8) is 0 Å². The monoisotopic (exact) mass is 412 g/mol. The van der Waals surface area contributed by atoms with Gasteiger partial charge >= 0.3 is 0 Å². The molecule has 1 aliphatic carbocycles. The molecule has 3 aromatic carbocycles. The van der Waals surface area contributed by atoms with Crippen LogP contribution in [0.1, 0.15) is 45.9 Å². The summed E-state index contributed by atoms with van der Waals surface area (Å²) in [5.41, 5.74) is 5.83. The minimum Gasteiger partial charge on any atom is -0.497 e. The van der Waals surface area contributed by atoms with E-state index in [1.807, 2.05) is 53.2 Å². The number of hydrogen-bond acceptors (Lipinski definition) is 4. The average Bonchev–Trinajstić information content (AvgIpc) is 3.21. The Morgan fingerprint density at radius 2 is 2.03 bits per heavy atom. The molecule has 0 fully saturated rings. The second kappa shape index (κ2) is 8.22. The predicted octanol–water partition coefficient (Wildman–Crippen LogP) is 4.30. The minimum atomic E-state index is -0.0778. The van der Waals surface area contributed by atoms with Gasteiger partial charge in [-0.1, -0.05) is 41.6 Å². The highest BCUT2D eigenvalue weighted by Crippen LogP contribution is 2.29. The van der Waals surface area contributed by atoms with E-state index in [1.54, 1.807) is 7.11 Å². The number of benzene rings is 3. The van der Waals surface area contributed by atoms with Gasteiger partial charge in [0.05, 0.1) is 25.2 Å². The Bertz CT molecular complexity index is 1250. The number of amides is 1. The number of ether oxygens (including phenoxy) is 1. The van der Waals surface area contributed by atoms with E-state index >= 15 is 0 Å². The molecule has 1 aromatic heterocycles. The molecule has 0 aliphatic heterocycles. The van der Waals surface area contributed by atoms with Crippen LogP contribution in [-0.4, -0.2) is 28.0 Å². The molecule has 5 rings (SSSR count). The van der Waals surface area contributed by atoms with Crippen LogP contribution in [-0.2, 0) is 13.0 Å². The van der Waals surface area contributed by atoms with Crippen LogP contribution >= 0.6 is 0 Å². The van der Waals surface area contributed by atoms with Crippen molar-refractivity contribution in [1.82, 2.24) is 20.3 Å². The number of methoxy groups -OCH3 is 1. The first-order valence-electron chi connectivity index (χ1n) is 10.6. The molecule has 1 aliphatic rings. The summed E-state index contributed by atoms with van der Waals surface area (Å²) in [6.07, 6.45) is 3.12. The van der Waals surface area contributed by atoms with E-state index in [0.717, 1.165) is 36.1 Å². The highest BCUT2D eigenvalue weighted by atomic mass is 16.5. The largest absolute Gasteiger partial charge is 0.497 e. The zero-order valence-electron chi connectivity index (χ0n) is 17.4. The topological polar surface area (TPSA) is 69.0 Å². The van der Waals surface area contributed by atoms with Gasteiger partial charge in [-0.2, -0.15) is 0 Å². The lowest BCUT2D eigenvalue weighted by molar-refractivity contribution is 0.0933. The van der Waals surface area contributed by atoms with Gasteiger partial charge in [-0.15, -0.1) is 5.10 Å². The van der Waals surface area contributed by atoms with Gasteiger partial charge in [-0.3, -0.25) is 4.79 Å². The molecule has 1 atom stereocenters. The lowest BCUT2D eigenvalue weighted by Gasteiger charge is -2.26. The van der Waals surface area contributed by atoms with Crippen molar-refractivity contribution in [2.45, 2.75) is 31.8 Å². The summed E-state index contributed by atoms with van der Waals surface area (Å²) in [6.45, 7) is 0.581. The molecule has 0 bridgehead atoms. The quantitative estimate of drug-likeness (QED) is 0.531. The zero-order valence-corrected chi connectivity index (χ0v) is 17.4. The van der Waals surface area contributed by atoms with Gasteiger partial charge in [-0.05, 0) is 66.3 Å². The molecule has 1 heterocycles. The third kappa shape index (κ3) is 3.89. The molecule has 31 heavy (non-hydrogen) atoms. The maximum absolute atomic E-state index is 13.0. The van der Waals surface area contributed by atoms with Gasteiger partial charge in [0, 0.05) is 5.56 Å². The van der Waals surface area contributed by atoms with E-state index in [1.165, 1.54) is 11.1 Å². The number of rotatable bonds is 5. The van der Waals surface area contributed by atoms with E-state index in [-0.39, 0.29) is 11.9 Å². The van der Waals surface area contributed by atoms with Crippen LogP contribution in [0.25, 0.3) is 11.0 Å². The van der Waals surface area contributed by atoms with Crippen LogP contribution in [0.2, 0.25) is 0 Å². The summed E-state index contributed by atoms with van der Waals surface area (Å²) in [7, 11) is 1.66. The van der Waals surface area contributed by atoms with Crippen LogP contribution in [0.5, 0.6) is 5.75 Å². The Hall–Kier alpha value is -3.67. The summed E-state index contributed by atoms with van der Waals surface area (Å²) in [6, 6.07) is 21.9. The smallest absolute Gasteiger partial charge is 0.251 e. The zero-order chi connectivity index (χ0) is 21.2. The van der Waals surface area contributed by atoms with Crippen LogP contribution in [0.15, 0.2) is 66.7 Å². The first kappa shape index (κ1) is 19.3. The van der Waals surface area contributed by atoms with Crippen LogP contribution in [0.3, 0.4) is 0 Å². The van der Waals surface area contributed by atoms with E-state index in [4.69, 9.17) is 4.74 Å². The molecule has 0 radical (unpaired) electrons. The number of aromatic nitrogens is 3. The summed E-state index contributed by atoms with van der Waals surface area (Å²) in [5, 5.41) is 11.8. The van der Waals surface area contributed by atoms with Crippen molar-refractivity contribution in [3.05, 3.63) is 89.0 Å².